The normalized spacial score (nSPS) is 12.0. The fourth-order valence-electron chi connectivity index (χ4n) is 6.67. The van der Waals surface area contributed by atoms with Crippen LogP contribution in [0.2, 0.25) is 0 Å². The van der Waals surface area contributed by atoms with Crippen molar-refractivity contribution in [3.05, 3.63) is 65.4 Å². The van der Waals surface area contributed by atoms with Gasteiger partial charge in [-0.05, 0) is 68.1 Å². The van der Waals surface area contributed by atoms with E-state index in [2.05, 4.69) is 16.0 Å². The van der Waals surface area contributed by atoms with Crippen LogP contribution in [0.1, 0.15) is 123 Å². The number of ether oxygens (including phenoxy) is 5. The molecule has 0 radical (unpaired) electrons. The number of rotatable bonds is 31. The lowest BCUT2D eigenvalue weighted by Gasteiger charge is -2.31. The summed E-state index contributed by atoms with van der Waals surface area (Å²) in [7, 11) is 4.00. The average molecular weight is 951 g/mol. The summed E-state index contributed by atoms with van der Waals surface area (Å²) in [4.78, 5) is 109. The first-order valence-corrected chi connectivity index (χ1v) is 22.6. The average Bonchev–Trinajstić information content (AvgIpc) is 3.85. The molecule has 3 rings (SSSR count). The molecule has 3 atom stereocenters. The Kier molecular flexibility index (Phi) is 24.0. The summed E-state index contributed by atoms with van der Waals surface area (Å²) in [5.74, 6) is -5.48. The molecule has 0 aliphatic carbocycles. The van der Waals surface area contributed by atoms with Crippen molar-refractivity contribution in [1.82, 2.24) is 21.0 Å². The molecule has 3 N–H and O–H groups in total. The highest BCUT2D eigenvalue weighted by molar-refractivity contribution is 6.06. The fraction of sp³-hybridized carbons (Fsp3) is 0.489. The zero-order valence-corrected chi connectivity index (χ0v) is 39.8. The van der Waals surface area contributed by atoms with Crippen molar-refractivity contribution in [2.45, 2.75) is 104 Å². The van der Waals surface area contributed by atoms with Gasteiger partial charge in [0.1, 0.15) is 17.6 Å². The molecule has 0 unspecified atom stereocenters. The molecule has 0 aliphatic rings. The van der Waals surface area contributed by atoms with E-state index < -0.39 is 72.6 Å². The van der Waals surface area contributed by atoms with E-state index >= 15 is 0 Å². The lowest BCUT2D eigenvalue weighted by atomic mass is 9.90. The molecule has 0 saturated heterocycles. The second-order valence-corrected chi connectivity index (χ2v) is 15.3. The van der Waals surface area contributed by atoms with Crippen molar-refractivity contribution in [2.24, 2.45) is 5.92 Å². The van der Waals surface area contributed by atoms with Crippen LogP contribution in [0.5, 0.6) is 17.2 Å². The van der Waals surface area contributed by atoms with Gasteiger partial charge in [-0.15, -0.1) is 0 Å². The van der Waals surface area contributed by atoms with Crippen molar-refractivity contribution in [1.29, 1.82) is 0 Å². The van der Waals surface area contributed by atoms with Crippen molar-refractivity contribution in [2.75, 3.05) is 40.7 Å². The number of carbonyl (C=O) groups excluding carboxylic acids is 8. The van der Waals surface area contributed by atoms with E-state index in [0.29, 0.717) is 43.4 Å². The van der Waals surface area contributed by atoms with Gasteiger partial charge in [-0.1, -0.05) is 65.9 Å². The zero-order chi connectivity index (χ0) is 50.0. The Morgan fingerprint density at radius 2 is 1.47 bits per heavy atom. The van der Waals surface area contributed by atoms with Gasteiger partial charge < -0.3 is 53.5 Å². The predicted molar refractivity (Wildman–Crippen MR) is 247 cm³/mol. The summed E-state index contributed by atoms with van der Waals surface area (Å²) in [6.07, 6.45) is 5.44. The maximum absolute atomic E-state index is 13.7. The number of nitrogens with zero attached hydrogens (tertiary/aromatic N) is 1. The number of nitrogens with one attached hydrogen (secondary N) is 3. The van der Waals surface area contributed by atoms with Crippen LogP contribution in [-0.4, -0.2) is 114 Å². The van der Waals surface area contributed by atoms with E-state index in [0.717, 1.165) is 38.8 Å². The third kappa shape index (κ3) is 17.0. The number of carbonyl (C=O) groups is 8. The zero-order valence-electron chi connectivity index (χ0n) is 39.8. The Labute approximate surface area is 396 Å². The van der Waals surface area contributed by atoms with Crippen LogP contribution in [0.4, 0.5) is 0 Å². The van der Waals surface area contributed by atoms with Crippen molar-refractivity contribution in [3.8, 4) is 28.6 Å². The molecule has 20 nitrogen and oxygen atoms in total. The SMILES string of the molecule is BOC(=O)C[C@H](NC(=O)c1ccc(-c2ccc(C(=O)NCNC(=O)[C@H](CCCCC)[C@@H](CC)N(C=O)OC(=O)c3ccc(OC)c(OC)c3)o2)cc1OCC(=O)OCCCC)C(=O)OCCCC. The van der Waals surface area contributed by atoms with Gasteiger partial charge in [-0.25, -0.2) is 14.4 Å². The molecule has 4 amide bonds. The van der Waals surface area contributed by atoms with E-state index in [1.165, 1.54) is 62.8 Å². The number of amides is 4. The van der Waals surface area contributed by atoms with Crippen LogP contribution in [0.3, 0.4) is 0 Å². The minimum Gasteiger partial charge on any atom is -0.543 e. The lowest BCUT2D eigenvalue weighted by molar-refractivity contribution is -0.171. The Bertz CT molecular complexity index is 2160. The molecule has 2 aromatic carbocycles. The molecule has 3 aromatic rings. The van der Waals surface area contributed by atoms with Crippen molar-refractivity contribution < 1.29 is 75.9 Å². The summed E-state index contributed by atoms with van der Waals surface area (Å²) in [6.45, 7) is 6.92. The van der Waals surface area contributed by atoms with Crippen LogP contribution < -0.4 is 30.2 Å². The topological polar surface area (TPSA) is 254 Å². The van der Waals surface area contributed by atoms with Gasteiger partial charge in [0.15, 0.2) is 23.9 Å². The summed E-state index contributed by atoms with van der Waals surface area (Å²) in [5, 5.41) is 8.61. The largest absolute Gasteiger partial charge is 0.543 e. The summed E-state index contributed by atoms with van der Waals surface area (Å²) < 4.78 is 37.3. The second kappa shape index (κ2) is 29.6. The smallest absolute Gasteiger partial charge is 0.363 e. The van der Waals surface area contributed by atoms with E-state index in [1.54, 1.807) is 6.92 Å². The van der Waals surface area contributed by atoms with Crippen LogP contribution in [0.15, 0.2) is 52.9 Å². The molecular formula is C47H63BN4O16. The van der Waals surface area contributed by atoms with E-state index in [1.807, 2.05) is 20.8 Å². The molecule has 0 aliphatic heterocycles. The number of methoxy groups -OCH3 is 2. The highest BCUT2D eigenvalue weighted by Gasteiger charge is 2.34. The van der Waals surface area contributed by atoms with E-state index in [9.17, 15) is 38.4 Å². The number of benzene rings is 2. The predicted octanol–water partition coefficient (Wildman–Crippen LogP) is 4.62. The summed E-state index contributed by atoms with van der Waals surface area (Å²) in [5.41, 5.74) is 0.288. The van der Waals surface area contributed by atoms with Crippen LogP contribution in [0, 0.1) is 5.92 Å². The van der Waals surface area contributed by atoms with E-state index in [-0.39, 0.29) is 60.4 Å². The molecule has 21 heteroatoms. The Morgan fingerprint density at radius 3 is 2.12 bits per heavy atom. The number of unbranched alkanes of at least 4 members (excludes halogenated alkanes) is 4. The Balaban J connectivity index is 1.79. The second-order valence-electron chi connectivity index (χ2n) is 15.3. The summed E-state index contributed by atoms with van der Waals surface area (Å²) >= 11 is 0. The quantitative estimate of drug-likeness (QED) is 0.0199. The van der Waals surface area contributed by atoms with Crippen molar-refractivity contribution in [3.63, 3.8) is 0 Å². The Hall–Kier alpha value is -7.06. The Morgan fingerprint density at radius 1 is 0.765 bits per heavy atom. The molecule has 1 aromatic heterocycles. The maximum atomic E-state index is 13.7. The minimum atomic E-state index is -1.40. The molecule has 0 fully saturated rings. The molecule has 370 valence electrons. The monoisotopic (exact) mass is 950 g/mol. The molecule has 0 spiro atoms. The molecule has 68 heavy (non-hydrogen) atoms. The van der Waals surface area contributed by atoms with Crippen LogP contribution in [0.25, 0.3) is 11.3 Å². The van der Waals surface area contributed by atoms with E-state index in [4.69, 9.17) is 37.6 Å². The van der Waals surface area contributed by atoms with Crippen LogP contribution >= 0.6 is 0 Å². The number of esters is 2. The summed E-state index contributed by atoms with van der Waals surface area (Å²) in [6, 6.07) is 9.20. The third-order valence-electron chi connectivity index (χ3n) is 10.5. The fourth-order valence-corrected chi connectivity index (χ4v) is 6.67. The number of furan rings is 1. The van der Waals surface area contributed by atoms with Gasteiger partial charge >= 0.3 is 26.0 Å². The molecule has 0 bridgehead atoms. The first-order chi connectivity index (χ1) is 32.8. The van der Waals surface area contributed by atoms with Gasteiger partial charge in [0.25, 0.3) is 17.8 Å². The number of hydrogen-bond acceptors (Lipinski definition) is 16. The minimum absolute atomic E-state index is 0.0777. The first-order valence-electron chi connectivity index (χ1n) is 22.6. The number of hydroxylamine groups is 2. The van der Waals surface area contributed by atoms with Gasteiger partial charge in [0, 0.05) is 5.56 Å². The highest BCUT2D eigenvalue weighted by atomic mass is 16.7. The van der Waals surface area contributed by atoms with Gasteiger partial charge in [-0.2, -0.15) is 5.06 Å². The van der Waals surface area contributed by atoms with Gasteiger partial charge in [0.05, 0.1) is 63.6 Å². The van der Waals surface area contributed by atoms with Crippen molar-refractivity contribution >= 4 is 56.1 Å². The maximum Gasteiger partial charge on any atom is 0.363 e. The highest BCUT2D eigenvalue weighted by Crippen LogP contribution is 2.31. The molecule has 0 saturated carbocycles. The molecule has 1 heterocycles. The lowest BCUT2D eigenvalue weighted by Crippen LogP contribution is -2.49. The van der Waals surface area contributed by atoms with Crippen LogP contribution in [-0.2, 0) is 42.9 Å². The first kappa shape index (κ1) is 55.3. The standard InChI is InChI=1S/C47H63BN4O16/c1-7-11-14-15-32(35(10-4)52(29-53)68-46(59)31-17-19-37(61-5)40(25-31)62-6)43(56)49-28-50-45(58)38-21-20-36(66-38)30-16-18-33(39(24-30)65-27-42(55)63-22-12-8-2)44(57)51-34(26-41(54)67-48)47(60)64-23-13-9-3/h16-21,24-25,29,32,34-35H,7-15,22-23,26-28,48H2,1-6H3,(H,49,56)(H,50,58)(H,51,57)/t32-,34+,35-/m1/s1. The molecular weight excluding hydrogens is 887 g/mol. The third-order valence-corrected chi connectivity index (χ3v) is 10.5. The number of hydrogen-bond donors (Lipinski definition) is 3. The van der Waals surface area contributed by atoms with Gasteiger partial charge in [0.2, 0.25) is 12.3 Å². The van der Waals surface area contributed by atoms with Gasteiger partial charge in [-0.3, -0.25) is 24.0 Å².